The zero-order valence-corrected chi connectivity index (χ0v) is 18.1. The van der Waals surface area contributed by atoms with Crippen LogP contribution in [0.3, 0.4) is 0 Å². The summed E-state index contributed by atoms with van der Waals surface area (Å²) >= 11 is 0. The van der Waals surface area contributed by atoms with Gasteiger partial charge >= 0.3 is 7.82 Å². The summed E-state index contributed by atoms with van der Waals surface area (Å²) in [6.45, 7) is 4.35. The minimum Gasteiger partial charge on any atom is -0.387 e. The van der Waals surface area contributed by atoms with Crippen LogP contribution in [0.2, 0.25) is 0 Å². The smallest absolute Gasteiger partial charge is 0.387 e. The first kappa shape index (κ1) is 26.0. The molecule has 26 heavy (non-hydrogen) atoms. The number of phosphoric acid groups is 1. The predicted molar refractivity (Wildman–Crippen MR) is 104 cm³/mol. The first-order valence-electron chi connectivity index (χ1n) is 9.79. The summed E-state index contributed by atoms with van der Waals surface area (Å²) in [7, 11) is 0.761. The normalized spacial score (nSPS) is 17.7. The van der Waals surface area contributed by atoms with Crippen LogP contribution in [0.5, 0.6) is 0 Å². The second-order valence-corrected chi connectivity index (χ2v) is 9.62. The number of quaternary nitrogens is 1. The van der Waals surface area contributed by atoms with Crippen LogP contribution in [-0.2, 0) is 9.09 Å². The van der Waals surface area contributed by atoms with Crippen LogP contribution < -0.4 is 0 Å². The van der Waals surface area contributed by atoms with Crippen LogP contribution in [0.4, 0.5) is 0 Å². The molecule has 0 spiro atoms. The molecule has 0 bridgehead atoms. The summed E-state index contributed by atoms with van der Waals surface area (Å²) in [6, 6.07) is 0. The molecular weight excluding hydrogens is 357 g/mol. The highest BCUT2D eigenvalue weighted by molar-refractivity contribution is 7.46. The van der Waals surface area contributed by atoms with Gasteiger partial charge in [0.2, 0.25) is 0 Å². The minimum absolute atomic E-state index is 0.178. The molecule has 0 aromatic rings. The number of hydrogen-bond donors (Lipinski definition) is 4. The molecule has 0 rings (SSSR count). The topological polar surface area (TPSA) is 107 Å². The largest absolute Gasteiger partial charge is 0.470 e. The van der Waals surface area contributed by atoms with Crippen molar-refractivity contribution in [2.45, 2.75) is 89.4 Å². The van der Waals surface area contributed by atoms with Crippen LogP contribution in [0.15, 0.2) is 0 Å². The molecule has 4 N–H and O–H groups in total. The van der Waals surface area contributed by atoms with Crippen LogP contribution in [0.25, 0.3) is 0 Å². The van der Waals surface area contributed by atoms with Gasteiger partial charge in [-0.25, -0.2) is 4.57 Å². The van der Waals surface area contributed by atoms with Gasteiger partial charge in [0, 0.05) is 0 Å². The zero-order chi connectivity index (χ0) is 20.4. The quantitative estimate of drug-likeness (QED) is 0.192. The molecule has 0 aliphatic carbocycles. The van der Waals surface area contributed by atoms with E-state index < -0.39 is 25.6 Å². The Bertz CT molecular complexity index is 422. The first-order chi connectivity index (χ1) is 11.8. The van der Waals surface area contributed by atoms with Gasteiger partial charge in [-0.15, -0.1) is 0 Å². The maximum atomic E-state index is 11.4. The summed E-state index contributed by atoms with van der Waals surface area (Å²) in [5.74, 6) is 0. The van der Waals surface area contributed by atoms with Gasteiger partial charge in [-0.05, 0) is 12.8 Å². The average molecular weight is 399 g/mol. The Kier molecular flexibility index (Phi) is 11.7. The zero-order valence-electron chi connectivity index (χ0n) is 17.2. The van der Waals surface area contributed by atoms with E-state index in [1.807, 2.05) is 21.1 Å². The molecule has 158 valence electrons. The summed E-state index contributed by atoms with van der Waals surface area (Å²) in [6.07, 6.45) is 4.82. The van der Waals surface area contributed by atoms with E-state index in [0.29, 0.717) is 17.3 Å². The molecule has 3 unspecified atom stereocenters. The molecule has 0 aliphatic heterocycles. The van der Waals surface area contributed by atoms with E-state index in [-0.39, 0.29) is 6.54 Å². The van der Waals surface area contributed by atoms with E-state index >= 15 is 0 Å². The van der Waals surface area contributed by atoms with E-state index in [1.54, 1.807) is 0 Å². The Morgan fingerprint density at radius 2 is 1.42 bits per heavy atom. The van der Waals surface area contributed by atoms with Crippen molar-refractivity contribution in [3.05, 3.63) is 0 Å². The maximum Gasteiger partial charge on any atom is 0.470 e. The van der Waals surface area contributed by atoms with Crippen LogP contribution >= 0.6 is 7.82 Å². The lowest BCUT2D eigenvalue weighted by molar-refractivity contribution is -0.873. The summed E-state index contributed by atoms with van der Waals surface area (Å²) in [5, 5.41) is 22.1. The summed E-state index contributed by atoms with van der Waals surface area (Å²) < 4.78 is 16.6. The van der Waals surface area contributed by atoms with E-state index in [0.717, 1.165) is 44.9 Å². The number of rotatable bonds is 15. The van der Waals surface area contributed by atoms with Crippen molar-refractivity contribution in [3.63, 3.8) is 0 Å². The SMILES string of the molecule is CCCCCCC(O)(CCCCC)C(O)C(C[N+](C)(C)C)OP(=O)(O)O. The third-order valence-electron chi connectivity index (χ3n) is 4.58. The maximum absolute atomic E-state index is 11.4. The predicted octanol–water partition coefficient (Wildman–Crippen LogP) is 2.81. The van der Waals surface area contributed by atoms with E-state index in [9.17, 15) is 24.6 Å². The highest BCUT2D eigenvalue weighted by Gasteiger charge is 2.44. The molecule has 0 fully saturated rings. The standard InChI is InChI=1S/C18H40NO6P/c1-6-8-10-12-14-18(21,13-11-9-7-2)17(20)16(15-19(3,4)5)25-26(22,23)24/h16-17,20-21H,6-15H2,1-5H3,(H-,22,23,24)/p+1. The second-order valence-electron chi connectivity index (χ2n) is 8.42. The number of nitrogens with zero attached hydrogens (tertiary/aromatic N) is 1. The fraction of sp³-hybridized carbons (Fsp3) is 1.00. The van der Waals surface area contributed by atoms with Crippen molar-refractivity contribution in [2.24, 2.45) is 0 Å². The lowest BCUT2D eigenvalue weighted by Gasteiger charge is -2.39. The molecule has 7 nitrogen and oxygen atoms in total. The molecule has 0 aromatic carbocycles. The number of aliphatic hydroxyl groups excluding tert-OH is 1. The Hall–Kier alpha value is -0.0100. The fourth-order valence-corrected chi connectivity index (χ4v) is 3.75. The molecule has 0 saturated carbocycles. The molecule has 0 radical (unpaired) electrons. The lowest BCUT2D eigenvalue weighted by Crippen LogP contribution is -2.55. The highest BCUT2D eigenvalue weighted by atomic mass is 31.2. The molecule has 0 aromatic heterocycles. The second kappa shape index (κ2) is 11.7. The van der Waals surface area contributed by atoms with Gasteiger partial charge < -0.3 is 24.5 Å². The number of phosphoric ester groups is 1. The monoisotopic (exact) mass is 398 g/mol. The minimum atomic E-state index is -4.78. The summed E-state index contributed by atoms with van der Waals surface area (Å²) in [4.78, 5) is 18.5. The molecule has 0 aliphatic rings. The van der Waals surface area contributed by atoms with E-state index in [1.165, 1.54) is 0 Å². The van der Waals surface area contributed by atoms with Crippen molar-refractivity contribution in [1.29, 1.82) is 0 Å². The van der Waals surface area contributed by atoms with Crippen LogP contribution in [-0.4, -0.2) is 70.0 Å². The number of unbranched alkanes of at least 4 members (excludes halogenated alkanes) is 5. The Morgan fingerprint density at radius 3 is 1.85 bits per heavy atom. The number of aliphatic hydroxyl groups is 2. The van der Waals surface area contributed by atoms with Crippen molar-refractivity contribution < 1.29 is 33.6 Å². The average Bonchev–Trinajstić information content (AvgIpc) is 2.48. The van der Waals surface area contributed by atoms with Gasteiger partial charge in [-0.2, -0.15) is 0 Å². The van der Waals surface area contributed by atoms with E-state index in [2.05, 4.69) is 13.8 Å². The van der Waals surface area contributed by atoms with Gasteiger partial charge in [0.05, 0.1) is 26.7 Å². The van der Waals surface area contributed by atoms with Crippen molar-refractivity contribution in [3.8, 4) is 0 Å². The molecule has 0 heterocycles. The van der Waals surface area contributed by atoms with Crippen molar-refractivity contribution in [1.82, 2.24) is 0 Å². The van der Waals surface area contributed by atoms with Crippen LogP contribution in [0, 0.1) is 0 Å². The Labute approximate surface area is 159 Å². The molecule has 0 saturated heterocycles. The lowest BCUT2D eigenvalue weighted by atomic mass is 9.82. The Morgan fingerprint density at radius 1 is 0.962 bits per heavy atom. The molecule has 0 amide bonds. The highest BCUT2D eigenvalue weighted by Crippen LogP contribution is 2.41. The van der Waals surface area contributed by atoms with Crippen LogP contribution in [0.1, 0.15) is 71.6 Å². The third-order valence-corrected chi connectivity index (χ3v) is 5.12. The Balaban J connectivity index is 5.33. The third kappa shape index (κ3) is 11.7. The van der Waals surface area contributed by atoms with Crippen molar-refractivity contribution >= 4 is 7.82 Å². The van der Waals surface area contributed by atoms with Gasteiger partial charge in [-0.1, -0.05) is 58.8 Å². The van der Waals surface area contributed by atoms with Gasteiger partial charge in [0.15, 0.2) is 0 Å². The molecule has 3 atom stereocenters. The molecule has 8 heteroatoms. The first-order valence-corrected chi connectivity index (χ1v) is 11.3. The fourth-order valence-electron chi connectivity index (χ4n) is 3.21. The summed E-state index contributed by atoms with van der Waals surface area (Å²) in [5.41, 5.74) is -1.40. The number of likely N-dealkylation sites (N-methyl/N-ethyl adjacent to an activating group) is 1. The molecular formula is C18H41NO6P+. The van der Waals surface area contributed by atoms with Gasteiger partial charge in [0.25, 0.3) is 0 Å². The number of hydrogen-bond acceptors (Lipinski definition) is 4. The van der Waals surface area contributed by atoms with Gasteiger partial charge in [-0.3, -0.25) is 4.52 Å². The van der Waals surface area contributed by atoms with E-state index in [4.69, 9.17) is 4.52 Å². The van der Waals surface area contributed by atoms with Gasteiger partial charge in [0.1, 0.15) is 18.8 Å². The van der Waals surface area contributed by atoms with Crippen molar-refractivity contribution in [2.75, 3.05) is 27.7 Å².